The Hall–Kier alpha value is -1.55. The lowest BCUT2D eigenvalue weighted by molar-refractivity contribution is -0.138. The van der Waals surface area contributed by atoms with Crippen LogP contribution in [0.2, 0.25) is 5.02 Å². The van der Waals surface area contributed by atoms with Crippen molar-refractivity contribution in [3.63, 3.8) is 0 Å². The first kappa shape index (κ1) is 14.9. The number of carboxylic acid groups (broad SMARTS) is 1. The lowest BCUT2D eigenvalue weighted by atomic mass is 9.92. The number of aliphatic carboxylic acids is 1. The summed E-state index contributed by atoms with van der Waals surface area (Å²) in [6.45, 7) is 1.82. The molecular weight excluding hydrogens is 278 g/mol. The van der Waals surface area contributed by atoms with Gasteiger partial charge in [-0.1, -0.05) is 24.4 Å². The molecule has 1 aromatic rings. The molecule has 0 radical (unpaired) electrons. The molecule has 1 amide bonds. The summed E-state index contributed by atoms with van der Waals surface area (Å²) in [6, 6.07) is 5.08. The van der Waals surface area contributed by atoms with Crippen LogP contribution in [0.1, 0.15) is 48.0 Å². The Morgan fingerprint density at radius 3 is 2.55 bits per heavy atom. The van der Waals surface area contributed by atoms with Gasteiger partial charge in [0, 0.05) is 10.6 Å². The standard InChI is InChI=1S/C15H18ClNO3/c1-10-8-11(16)4-5-12(10)14(20)17-15(9-13(18)19)6-2-3-7-15/h4-5,8H,2-3,6-7,9H2,1H3,(H,17,20)(H,18,19). The zero-order chi connectivity index (χ0) is 14.8. The number of nitrogens with one attached hydrogen (secondary N) is 1. The first-order valence-corrected chi connectivity index (χ1v) is 7.10. The Morgan fingerprint density at radius 2 is 2.00 bits per heavy atom. The van der Waals surface area contributed by atoms with Gasteiger partial charge in [-0.3, -0.25) is 9.59 Å². The number of hydrogen-bond donors (Lipinski definition) is 2. The van der Waals surface area contributed by atoms with Gasteiger partial charge in [0.2, 0.25) is 0 Å². The van der Waals surface area contributed by atoms with Gasteiger partial charge in [-0.2, -0.15) is 0 Å². The van der Waals surface area contributed by atoms with E-state index < -0.39 is 11.5 Å². The van der Waals surface area contributed by atoms with Gasteiger partial charge in [-0.25, -0.2) is 0 Å². The van der Waals surface area contributed by atoms with Crippen LogP contribution in [-0.4, -0.2) is 22.5 Å². The molecule has 0 aromatic heterocycles. The fourth-order valence-corrected chi connectivity index (χ4v) is 3.10. The molecule has 1 fully saturated rings. The second-order valence-corrected chi connectivity index (χ2v) is 5.91. The molecule has 0 saturated heterocycles. The van der Waals surface area contributed by atoms with Crippen LogP contribution in [-0.2, 0) is 4.79 Å². The maximum atomic E-state index is 12.4. The largest absolute Gasteiger partial charge is 0.481 e. The van der Waals surface area contributed by atoms with E-state index in [-0.39, 0.29) is 12.3 Å². The highest BCUT2D eigenvalue weighted by Gasteiger charge is 2.37. The van der Waals surface area contributed by atoms with Crippen LogP contribution < -0.4 is 5.32 Å². The Morgan fingerprint density at radius 1 is 1.35 bits per heavy atom. The van der Waals surface area contributed by atoms with E-state index in [2.05, 4.69) is 5.32 Å². The maximum absolute atomic E-state index is 12.4. The number of aryl methyl sites for hydroxylation is 1. The van der Waals surface area contributed by atoms with Crippen molar-refractivity contribution < 1.29 is 14.7 Å². The van der Waals surface area contributed by atoms with Crippen LogP contribution in [0, 0.1) is 6.92 Å². The monoisotopic (exact) mass is 295 g/mol. The number of benzene rings is 1. The van der Waals surface area contributed by atoms with E-state index >= 15 is 0 Å². The highest BCUT2D eigenvalue weighted by atomic mass is 35.5. The number of rotatable bonds is 4. The molecule has 5 heteroatoms. The highest BCUT2D eigenvalue weighted by Crippen LogP contribution is 2.33. The zero-order valence-corrected chi connectivity index (χ0v) is 12.2. The maximum Gasteiger partial charge on any atom is 0.305 e. The predicted octanol–water partition coefficient (Wildman–Crippen LogP) is 3.17. The van der Waals surface area contributed by atoms with Crippen molar-refractivity contribution >= 4 is 23.5 Å². The number of carbonyl (C=O) groups is 2. The normalized spacial score (nSPS) is 16.9. The van der Waals surface area contributed by atoms with Gasteiger partial charge in [0.15, 0.2) is 0 Å². The minimum absolute atomic E-state index is 0.0224. The van der Waals surface area contributed by atoms with Crippen LogP contribution >= 0.6 is 11.6 Å². The summed E-state index contributed by atoms with van der Waals surface area (Å²) in [6.07, 6.45) is 3.32. The van der Waals surface area contributed by atoms with Crippen LogP contribution in [0.5, 0.6) is 0 Å². The quantitative estimate of drug-likeness (QED) is 0.896. The van der Waals surface area contributed by atoms with Gasteiger partial charge in [-0.15, -0.1) is 0 Å². The average molecular weight is 296 g/mol. The van der Waals surface area contributed by atoms with E-state index in [1.807, 2.05) is 6.92 Å². The van der Waals surface area contributed by atoms with Crippen molar-refractivity contribution in [2.75, 3.05) is 0 Å². The van der Waals surface area contributed by atoms with Gasteiger partial charge in [0.1, 0.15) is 0 Å². The van der Waals surface area contributed by atoms with Gasteiger partial charge >= 0.3 is 5.97 Å². The first-order chi connectivity index (χ1) is 9.42. The van der Waals surface area contributed by atoms with Crippen molar-refractivity contribution in [2.45, 2.75) is 44.6 Å². The molecule has 0 atom stereocenters. The summed E-state index contributed by atoms with van der Waals surface area (Å²) in [7, 11) is 0. The number of carbonyl (C=O) groups excluding carboxylic acids is 1. The second-order valence-electron chi connectivity index (χ2n) is 5.47. The molecule has 1 aliphatic rings. The van der Waals surface area contributed by atoms with E-state index in [9.17, 15) is 9.59 Å². The molecule has 2 rings (SSSR count). The fraction of sp³-hybridized carbons (Fsp3) is 0.467. The van der Waals surface area contributed by atoms with Gasteiger partial charge in [0.25, 0.3) is 5.91 Å². The van der Waals surface area contributed by atoms with E-state index in [1.165, 1.54) is 0 Å². The SMILES string of the molecule is Cc1cc(Cl)ccc1C(=O)NC1(CC(=O)O)CCCC1. The van der Waals surface area contributed by atoms with Crippen molar-refractivity contribution in [3.8, 4) is 0 Å². The second kappa shape index (κ2) is 5.83. The van der Waals surface area contributed by atoms with Crippen molar-refractivity contribution in [1.82, 2.24) is 5.32 Å². The van der Waals surface area contributed by atoms with E-state index in [0.717, 1.165) is 31.2 Å². The summed E-state index contributed by atoms with van der Waals surface area (Å²) in [4.78, 5) is 23.4. The topological polar surface area (TPSA) is 66.4 Å². The summed E-state index contributed by atoms with van der Waals surface area (Å²) in [5.74, 6) is -1.10. The summed E-state index contributed by atoms with van der Waals surface area (Å²) in [5, 5.41) is 12.6. The summed E-state index contributed by atoms with van der Waals surface area (Å²) >= 11 is 5.88. The number of halogens is 1. The Labute approximate surface area is 123 Å². The molecule has 20 heavy (non-hydrogen) atoms. The molecule has 1 aromatic carbocycles. The minimum Gasteiger partial charge on any atom is -0.481 e. The van der Waals surface area contributed by atoms with Crippen LogP contribution in [0.15, 0.2) is 18.2 Å². The Kier molecular flexibility index (Phi) is 4.33. The molecule has 0 unspecified atom stereocenters. The molecule has 1 aliphatic carbocycles. The van der Waals surface area contributed by atoms with Crippen molar-refractivity contribution in [3.05, 3.63) is 34.3 Å². The smallest absolute Gasteiger partial charge is 0.305 e. The summed E-state index contributed by atoms with van der Waals surface area (Å²) < 4.78 is 0. The molecule has 0 heterocycles. The number of carboxylic acids is 1. The average Bonchev–Trinajstić information content (AvgIpc) is 2.75. The molecule has 1 saturated carbocycles. The van der Waals surface area contributed by atoms with Gasteiger partial charge < -0.3 is 10.4 Å². The van der Waals surface area contributed by atoms with Gasteiger partial charge in [-0.05, 0) is 43.5 Å². The van der Waals surface area contributed by atoms with E-state index in [0.29, 0.717) is 10.6 Å². The molecule has 4 nitrogen and oxygen atoms in total. The first-order valence-electron chi connectivity index (χ1n) is 6.72. The van der Waals surface area contributed by atoms with Crippen LogP contribution in [0.3, 0.4) is 0 Å². The Bertz CT molecular complexity index is 536. The van der Waals surface area contributed by atoms with Crippen LogP contribution in [0.4, 0.5) is 0 Å². The highest BCUT2D eigenvalue weighted by molar-refractivity contribution is 6.30. The van der Waals surface area contributed by atoms with Crippen molar-refractivity contribution in [2.24, 2.45) is 0 Å². The predicted molar refractivity (Wildman–Crippen MR) is 77.1 cm³/mol. The minimum atomic E-state index is -0.875. The lowest BCUT2D eigenvalue weighted by Gasteiger charge is -2.29. The van der Waals surface area contributed by atoms with Gasteiger partial charge in [0.05, 0.1) is 12.0 Å². The molecule has 2 N–H and O–H groups in total. The Balaban J connectivity index is 2.18. The molecular formula is C15H18ClNO3. The van der Waals surface area contributed by atoms with Crippen molar-refractivity contribution in [1.29, 1.82) is 0 Å². The van der Waals surface area contributed by atoms with E-state index in [1.54, 1.807) is 18.2 Å². The van der Waals surface area contributed by atoms with Crippen LogP contribution in [0.25, 0.3) is 0 Å². The summed E-state index contributed by atoms with van der Waals surface area (Å²) in [5.41, 5.74) is 0.735. The zero-order valence-electron chi connectivity index (χ0n) is 11.4. The third kappa shape index (κ3) is 3.31. The molecule has 0 bridgehead atoms. The number of amides is 1. The third-order valence-corrected chi connectivity index (χ3v) is 4.10. The fourth-order valence-electron chi connectivity index (χ4n) is 2.88. The number of hydrogen-bond acceptors (Lipinski definition) is 2. The van der Waals surface area contributed by atoms with E-state index in [4.69, 9.17) is 16.7 Å². The molecule has 0 spiro atoms. The third-order valence-electron chi connectivity index (χ3n) is 3.86. The molecule has 108 valence electrons. The lowest BCUT2D eigenvalue weighted by Crippen LogP contribution is -2.48. The molecule has 0 aliphatic heterocycles.